The number of aliphatic hydroxyl groups excluding tert-OH is 2. The Bertz CT molecular complexity index is 1210. The third-order valence-electron chi connectivity index (χ3n) is 7.30. The number of nitrogens with one attached hydrogen (secondary N) is 1. The smallest absolute Gasteiger partial charge is 0.128 e. The van der Waals surface area contributed by atoms with E-state index in [0.29, 0.717) is 6.54 Å². The van der Waals surface area contributed by atoms with Crippen LogP contribution in [-0.2, 0) is 13.1 Å². The Labute approximate surface area is 243 Å². The summed E-state index contributed by atoms with van der Waals surface area (Å²) in [6.07, 6.45) is 2.88. The molecule has 0 amide bonds. The van der Waals surface area contributed by atoms with Crippen molar-refractivity contribution in [2.75, 3.05) is 56.7 Å². The zero-order valence-electron chi connectivity index (χ0n) is 24.0. The van der Waals surface area contributed by atoms with Gasteiger partial charge in [0.25, 0.3) is 0 Å². The minimum Gasteiger partial charge on any atom is -0.395 e. The lowest BCUT2D eigenvalue weighted by Gasteiger charge is -2.28. The van der Waals surface area contributed by atoms with E-state index in [0.717, 1.165) is 55.5 Å². The molecule has 0 aliphatic rings. The molecule has 0 fully saturated rings. The molecule has 2 aromatic heterocycles. The highest BCUT2D eigenvalue weighted by molar-refractivity contribution is 5.37. The maximum Gasteiger partial charge on any atom is 0.128 e. The first-order valence-electron chi connectivity index (χ1n) is 14.1. The van der Waals surface area contributed by atoms with Crippen molar-refractivity contribution in [3.05, 3.63) is 120 Å². The van der Waals surface area contributed by atoms with Gasteiger partial charge < -0.3 is 25.3 Å². The number of benzene rings is 2. The van der Waals surface area contributed by atoms with Gasteiger partial charge in [-0.05, 0) is 41.0 Å². The monoisotopic (exact) mass is 554 g/mol. The summed E-state index contributed by atoms with van der Waals surface area (Å²) in [5.41, 5.74) is 3.12. The van der Waals surface area contributed by atoms with Gasteiger partial charge in [0.2, 0.25) is 0 Å². The van der Waals surface area contributed by atoms with Crippen molar-refractivity contribution in [1.29, 1.82) is 0 Å². The number of hydrogen-bond acceptors (Lipinski definition) is 8. The number of anilines is 2. The number of nitrogens with zero attached hydrogens (tertiary/aromatic N) is 5. The molecule has 8 heteroatoms. The molecular weight excluding hydrogens is 512 g/mol. The van der Waals surface area contributed by atoms with Crippen LogP contribution in [0.15, 0.2) is 103 Å². The maximum atomic E-state index is 10.7. The van der Waals surface area contributed by atoms with Crippen molar-refractivity contribution in [1.82, 2.24) is 20.2 Å². The van der Waals surface area contributed by atoms with E-state index >= 15 is 0 Å². The van der Waals surface area contributed by atoms with Gasteiger partial charge in [-0.15, -0.1) is 0 Å². The van der Waals surface area contributed by atoms with E-state index in [1.165, 1.54) is 5.56 Å². The average Bonchev–Trinajstić information content (AvgIpc) is 3.04. The van der Waals surface area contributed by atoms with Crippen molar-refractivity contribution < 1.29 is 10.2 Å². The summed E-state index contributed by atoms with van der Waals surface area (Å²) in [6, 6.07) is 29.5. The second kappa shape index (κ2) is 15.8. The zero-order valence-corrected chi connectivity index (χ0v) is 24.0. The van der Waals surface area contributed by atoms with Crippen molar-refractivity contribution in [2.45, 2.75) is 25.2 Å². The molecule has 0 saturated carbocycles. The third-order valence-corrected chi connectivity index (χ3v) is 7.30. The van der Waals surface area contributed by atoms with E-state index in [9.17, 15) is 10.2 Å². The van der Waals surface area contributed by atoms with Gasteiger partial charge in [-0.25, -0.2) is 9.97 Å². The molecule has 2 heterocycles. The van der Waals surface area contributed by atoms with E-state index in [1.54, 1.807) is 0 Å². The van der Waals surface area contributed by atoms with Crippen molar-refractivity contribution in [2.24, 2.45) is 0 Å². The van der Waals surface area contributed by atoms with Crippen molar-refractivity contribution in [3.63, 3.8) is 0 Å². The zero-order chi connectivity index (χ0) is 28.9. The average molecular weight is 555 g/mol. The van der Waals surface area contributed by atoms with Gasteiger partial charge in [0, 0.05) is 65.8 Å². The Morgan fingerprint density at radius 1 is 0.683 bits per heavy atom. The lowest BCUT2D eigenvalue weighted by molar-refractivity contribution is 0.0892. The lowest BCUT2D eigenvalue weighted by atomic mass is 10.0. The minimum atomic E-state index is -0.775. The maximum absolute atomic E-state index is 10.7. The number of aromatic nitrogens is 2. The van der Waals surface area contributed by atoms with Gasteiger partial charge >= 0.3 is 0 Å². The van der Waals surface area contributed by atoms with E-state index in [4.69, 9.17) is 0 Å². The summed E-state index contributed by atoms with van der Waals surface area (Å²) in [6.45, 7) is 4.73. The minimum absolute atomic E-state index is 0.150. The van der Waals surface area contributed by atoms with Crippen LogP contribution >= 0.6 is 0 Å². The van der Waals surface area contributed by atoms with Crippen LogP contribution in [-0.4, -0.2) is 78.0 Å². The lowest BCUT2D eigenvalue weighted by Crippen LogP contribution is -2.38. The van der Waals surface area contributed by atoms with E-state index < -0.39 is 12.1 Å². The molecule has 4 aromatic rings. The van der Waals surface area contributed by atoms with Gasteiger partial charge in [0.05, 0.1) is 18.8 Å². The quantitative estimate of drug-likeness (QED) is 0.193. The molecule has 3 N–H and O–H groups in total. The molecule has 0 aliphatic carbocycles. The molecule has 0 spiro atoms. The molecule has 8 nitrogen and oxygen atoms in total. The van der Waals surface area contributed by atoms with Gasteiger partial charge in [-0.3, -0.25) is 4.90 Å². The Hall–Kier alpha value is -3.82. The largest absolute Gasteiger partial charge is 0.395 e. The second-order valence-electron chi connectivity index (χ2n) is 10.3. The highest BCUT2D eigenvalue weighted by Gasteiger charge is 2.19. The second-order valence-corrected chi connectivity index (χ2v) is 10.3. The van der Waals surface area contributed by atoms with Crippen LogP contribution in [0.1, 0.15) is 22.8 Å². The molecule has 41 heavy (non-hydrogen) atoms. The summed E-state index contributed by atoms with van der Waals surface area (Å²) in [4.78, 5) is 15.8. The first kappa shape index (κ1) is 30.1. The summed E-state index contributed by atoms with van der Waals surface area (Å²) in [5, 5.41) is 23.9. The standard InChI is InChI=1S/C33H42N6O2/c1-37(31-12-6-8-18-34-31)20-22-39(23-21-38(2)32-13-7-9-19-35-32)25-28-16-14-27(15-17-28)24-36-30(26-40)33(41)29-10-4-3-5-11-29/h3-19,30,33,36,40-41H,20-26H2,1-2H3/t30-,33+/m0/s1. The van der Waals surface area contributed by atoms with Gasteiger partial charge in [-0.2, -0.15) is 0 Å². The van der Waals surface area contributed by atoms with E-state index in [1.807, 2.05) is 79.1 Å². The SMILES string of the molecule is CN(CCN(CCN(C)c1ccccn1)Cc1ccc(CN[C@@H](CO)[C@H](O)c2ccccc2)cc1)c1ccccn1. The van der Waals surface area contributed by atoms with Crippen LogP contribution in [0.2, 0.25) is 0 Å². The molecule has 2 atom stereocenters. The first-order valence-corrected chi connectivity index (χ1v) is 14.1. The predicted molar refractivity (Wildman–Crippen MR) is 166 cm³/mol. The van der Waals surface area contributed by atoms with Gasteiger partial charge in [-0.1, -0.05) is 66.7 Å². The number of aliphatic hydroxyl groups is 2. The van der Waals surface area contributed by atoms with Gasteiger partial charge in [0.15, 0.2) is 0 Å². The van der Waals surface area contributed by atoms with Crippen LogP contribution in [0.3, 0.4) is 0 Å². The highest BCUT2D eigenvalue weighted by atomic mass is 16.3. The van der Waals surface area contributed by atoms with Crippen LogP contribution in [0, 0.1) is 0 Å². The molecule has 0 unspecified atom stereocenters. The fourth-order valence-corrected chi connectivity index (χ4v) is 4.67. The molecule has 0 radical (unpaired) electrons. The molecule has 2 aromatic carbocycles. The summed E-state index contributed by atoms with van der Waals surface area (Å²) < 4.78 is 0. The van der Waals surface area contributed by atoms with Crippen molar-refractivity contribution >= 4 is 11.6 Å². The normalized spacial score (nSPS) is 12.7. The Kier molecular flexibility index (Phi) is 11.6. The topological polar surface area (TPSA) is 88.0 Å². The highest BCUT2D eigenvalue weighted by Crippen LogP contribution is 2.17. The van der Waals surface area contributed by atoms with Crippen LogP contribution in [0.5, 0.6) is 0 Å². The van der Waals surface area contributed by atoms with Crippen LogP contribution < -0.4 is 15.1 Å². The Balaban J connectivity index is 1.35. The molecule has 4 rings (SSSR count). The molecule has 216 valence electrons. The van der Waals surface area contributed by atoms with Crippen LogP contribution in [0.4, 0.5) is 11.6 Å². The Morgan fingerprint density at radius 3 is 1.73 bits per heavy atom. The third kappa shape index (κ3) is 9.37. The molecular formula is C33H42N6O2. The first-order chi connectivity index (χ1) is 20.0. The predicted octanol–water partition coefficient (Wildman–Crippen LogP) is 3.74. The molecule has 0 bridgehead atoms. The van der Waals surface area contributed by atoms with Gasteiger partial charge in [0.1, 0.15) is 11.6 Å². The summed E-state index contributed by atoms with van der Waals surface area (Å²) >= 11 is 0. The fourth-order valence-electron chi connectivity index (χ4n) is 4.67. The number of pyridine rings is 2. The van der Waals surface area contributed by atoms with Crippen LogP contribution in [0.25, 0.3) is 0 Å². The Morgan fingerprint density at radius 2 is 1.22 bits per heavy atom. The number of likely N-dealkylation sites (N-methyl/N-ethyl adjacent to an activating group) is 2. The van der Waals surface area contributed by atoms with E-state index in [2.05, 4.69) is 68.3 Å². The summed E-state index contributed by atoms with van der Waals surface area (Å²) in [5.74, 6) is 1.93. The molecule has 0 saturated heterocycles. The van der Waals surface area contributed by atoms with E-state index in [-0.39, 0.29) is 6.61 Å². The number of hydrogen-bond donors (Lipinski definition) is 3. The molecule has 0 aliphatic heterocycles. The summed E-state index contributed by atoms with van der Waals surface area (Å²) in [7, 11) is 4.16. The fraction of sp³-hybridized carbons (Fsp3) is 0.333. The number of rotatable bonds is 16. The van der Waals surface area contributed by atoms with Crippen molar-refractivity contribution in [3.8, 4) is 0 Å².